The van der Waals surface area contributed by atoms with E-state index in [0.717, 1.165) is 18.7 Å². The van der Waals surface area contributed by atoms with Crippen LogP contribution in [0.2, 0.25) is 0 Å². The molecule has 1 atom stereocenters. The fourth-order valence-corrected chi connectivity index (χ4v) is 3.02. The summed E-state index contributed by atoms with van der Waals surface area (Å²) in [4.78, 5) is 2.84. The molecule has 19 heavy (non-hydrogen) atoms. The molecule has 2 rings (SSSR count). The molecule has 0 aliphatic rings. The molecule has 0 saturated heterocycles. The summed E-state index contributed by atoms with van der Waals surface area (Å²) in [5, 5.41) is 3.56. The highest BCUT2D eigenvalue weighted by molar-refractivity contribution is 7.11. The molecular formula is C16H21NOS. The van der Waals surface area contributed by atoms with Crippen molar-refractivity contribution in [2.45, 2.75) is 32.9 Å². The maximum absolute atomic E-state index is 5.16. The molecule has 1 aromatic heterocycles. The lowest BCUT2D eigenvalue weighted by molar-refractivity contribution is 0.414. The maximum atomic E-state index is 5.16. The maximum Gasteiger partial charge on any atom is 0.118 e. The Kier molecular flexibility index (Phi) is 5.00. The molecule has 0 amide bonds. The van der Waals surface area contributed by atoms with E-state index in [1.54, 1.807) is 7.11 Å². The Bertz CT molecular complexity index is 504. The van der Waals surface area contributed by atoms with Crippen molar-refractivity contribution in [3.8, 4) is 5.75 Å². The van der Waals surface area contributed by atoms with Gasteiger partial charge in [-0.1, -0.05) is 12.1 Å². The molecule has 3 heteroatoms. The van der Waals surface area contributed by atoms with Crippen molar-refractivity contribution in [3.63, 3.8) is 0 Å². The van der Waals surface area contributed by atoms with Crippen molar-refractivity contribution in [2.75, 3.05) is 7.11 Å². The van der Waals surface area contributed by atoms with Gasteiger partial charge in [0.15, 0.2) is 0 Å². The van der Waals surface area contributed by atoms with Crippen molar-refractivity contribution >= 4 is 11.3 Å². The first-order chi connectivity index (χ1) is 9.17. The summed E-state index contributed by atoms with van der Waals surface area (Å²) in [5.41, 5.74) is 1.29. The van der Waals surface area contributed by atoms with E-state index in [4.69, 9.17) is 4.74 Å². The van der Waals surface area contributed by atoms with Crippen LogP contribution in [0.25, 0.3) is 0 Å². The molecule has 0 saturated carbocycles. The summed E-state index contributed by atoms with van der Waals surface area (Å²) < 4.78 is 5.16. The third-order valence-electron chi connectivity index (χ3n) is 3.12. The molecule has 102 valence electrons. The molecule has 0 bridgehead atoms. The molecular weight excluding hydrogens is 254 g/mol. The first-order valence-electron chi connectivity index (χ1n) is 6.59. The first kappa shape index (κ1) is 14.1. The second kappa shape index (κ2) is 6.73. The lowest BCUT2D eigenvalue weighted by atomic mass is 10.1. The van der Waals surface area contributed by atoms with E-state index in [1.807, 2.05) is 23.5 Å². The summed E-state index contributed by atoms with van der Waals surface area (Å²) >= 11 is 1.89. The summed E-state index contributed by atoms with van der Waals surface area (Å²) in [6.07, 6.45) is 1.09. The molecule has 0 fully saturated rings. The number of methoxy groups -OCH3 is 1. The molecule has 0 aliphatic carbocycles. The smallest absolute Gasteiger partial charge is 0.118 e. The minimum absolute atomic E-state index is 0.486. The Morgan fingerprint density at radius 1 is 1.16 bits per heavy atom. The normalized spacial score (nSPS) is 12.4. The van der Waals surface area contributed by atoms with Crippen LogP contribution >= 0.6 is 11.3 Å². The van der Waals surface area contributed by atoms with Crippen LogP contribution in [0, 0.1) is 6.92 Å². The standard InChI is InChI=1S/C16H21NOS/c1-12(10-16-9-4-13(2)19-16)17-11-14-5-7-15(18-3)8-6-14/h4-9,12,17H,10-11H2,1-3H3. The van der Waals surface area contributed by atoms with Crippen LogP contribution in [0.4, 0.5) is 0 Å². The van der Waals surface area contributed by atoms with Crippen LogP contribution in [-0.2, 0) is 13.0 Å². The van der Waals surface area contributed by atoms with Gasteiger partial charge in [0.2, 0.25) is 0 Å². The topological polar surface area (TPSA) is 21.3 Å². The Balaban J connectivity index is 1.80. The largest absolute Gasteiger partial charge is 0.497 e. The monoisotopic (exact) mass is 275 g/mol. The van der Waals surface area contributed by atoms with E-state index in [1.165, 1.54) is 15.3 Å². The molecule has 0 aliphatic heterocycles. The predicted molar refractivity (Wildman–Crippen MR) is 82.1 cm³/mol. The fraction of sp³-hybridized carbons (Fsp3) is 0.375. The van der Waals surface area contributed by atoms with Gasteiger partial charge in [-0.25, -0.2) is 0 Å². The lowest BCUT2D eigenvalue weighted by Crippen LogP contribution is -2.27. The summed E-state index contributed by atoms with van der Waals surface area (Å²) in [7, 11) is 1.69. The zero-order valence-electron chi connectivity index (χ0n) is 11.8. The highest BCUT2D eigenvalue weighted by Crippen LogP contribution is 2.17. The minimum Gasteiger partial charge on any atom is -0.497 e. The van der Waals surface area contributed by atoms with Crippen LogP contribution in [-0.4, -0.2) is 13.2 Å². The van der Waals surface area contributed by atoms with Gasteiger partial charge in [-0.15, -0.1) is 11.3 Å². The zero-order chi connectivity index (χ0) is 13.7. The van der Waals surface area contributed by atoms with E-state index in [-0.39, 0.29) is 0 Å². The summed E-state index contributed by atoms with van der Waals surface area (Å²) in [6.45, 7) is 5.29. The lowest BCUT2D eigenvalue weighted by Gasteiger charge is -2.13. The van der Waals surface area contributed by atoms with Gasteiger partial charge in [-0.3, -0.25) is 0 Å². The highest BCUT2D eigenvalue weighted by Gasteiger charge is 2.05. The molecule has 1 heterocycles. The molecule has 1 N–H and O–H groups in total. The minimum atomic E-state index is 0.486. The Hall–Kier alpha value is -1.32. The van der Waals surface area contributed by atoms with E-state index in [2.05, 4.69) is 43.4 Å². The van der Waals surface area contributed by atoms with Gasteiger partial charge in [0.25, 0.3) is 0 Å². The van der Waals surface area contributed by atoms with E-state index in [0.29, 0.717) is 6.04 Å². The third kappa shape index (κ3) is 4.37. The van der Waals surface area contributed by atoms with Crippen molar-refractivity contribution in [1.82, 2.24) is 5.32 Å². The van der Waals surface area contributed by atoms with E-state index < -0.39 is 0 Å². The highest BCUT2D eigenvalue weighted by atomic mass is 32.1. The van der Waals surface area contributed by atoms with Gasteiger partial charge < -0.3 is 10.1 Å². The van der Waals surface area contributed by atoms with Gasteiger partial charge >= 0.3 is 0 Å². The van der Waals surface area contributed by atoms with Crippen molar-refractivity contribution in [3.05, 3.63) is 51.7 Å². The average molecular weight is 275 g/mol. The van der Waals surface area contributed by atoms with E-state index in [9.17, 15) is 0 Å². The Labute approximate surface area is 119 Å². The molecule has 1 aromatic carbocycles. The molecule has 2 nitrogen and oxygen atoms in total. The number of hydrogen-bond acceptors (Lipinski definition) is 3. The van der Waals surface area contributed by atoms with Gasteiger partial charge in [-0.05, 0) is 50.1 Å². The number of nitrogens with one attached hydrogen (secondary N) is 1. The SMILES string of the molecule is COc1ccc(CNC(C)Cc2ccc(C)s2)cc1. The zero-order valence-corrected chi connectivity index (χ0v) is 12.6. The van der Waals surface area contributed by atoms with Crippen LogP contribution < -0.4 is 10.1 Å². The fourth-order valence-electron chi connectivity index (χ4n) is 2.00. The van der Waals surface area contributed by atoms with Gasteiger partial charge in [0.05, 0.1) is 7.11 Å². The van der Waals surface area contributed by atoms with Gasteiger partial charge in [-0.2, -0.15) is 0 Å². The van der Waals surface area contributed by atoms with Gasteiger partial charge in [0, 0.05) is 22.3 Å². The van der Waals surface area contributed by atoms with E-state index >= 15 is 0 Å². The van der Waals surface area contributed by atoms with Gasteiger partial charge in [0.1, 0.15) is 5.75 Å². The second-order valence-electron chi connectivity index (χ2n) is 4.85. The Morgan fingerprint density at radius 3 is 2.47 bits per heavy atom. The number of benzene rings is 1. The summed E-state index contributed by atoms with van der Waals surface area (Å²) in [6, 6.07) is 13.1. The number of thiophene rings is 1. The molecule has 1 unspecified atom stereocenters. The average Bonchev–Trinajstić information content (AvgIpc) is 2.82. The number of aryl methyl sites for hydroxylation is 1. The molecule has 2 aromatic rings. The quantitative estimate of drug-likeness (QED) is 0.866. The molecule has 0 spiro atoms. The third-order valence-corrected chi connectivity index (χ3v) is 4.14. The van der Waals surface area contributed by atoms with Crippen LogP contribution in [0.3, 0.4) is 0 Å². The number of ether oxygens (including phenoxy) is 1. The van der Waals surface area contributed by atoms with Crippen LogP contribution in [0.1, 0.15) is 22.2 Å². The summed E-state index contributed by atoms with van der Waals surface area (Å²) in [5.74, 6) is 0.908. The Morgan fingerprint density at radius 2 is 1.89 bits per heavy atom. The van der Waals surface area contributed by atoms with Crippen LogP contribution in [0.15, 0.2) is 36.4 Å². The number of rotatable bonds is 6. The van der Waals surface area contributed by atoms with Crippen molar-refractivity contribution < 1.29 is 4.74 Å². The first-order valence-corrected chi connectivity index (χ1v) is 7.40. The van der Waals surface area contributed by atoms with Crippen molar-refractivity contribution in [1.29, 1.82) is 0 Å². The number of hydrogen-bond donors (Lipinski definition) is 1. The van der Waals surface area contributed by atoms with Crippen molar-refractivity contribution in [2.24, 2.45) is 0 Å². The second-order valence-corrected chi connectivity index (χ2v) is 6.22. The predicted octanol–water partition coefficient (Wildman–Crippen LogP) is 3.79. The molecule has 0 radical (unpaired) electrons. The van der Waals surface area contributed by atoms with Crippen LogP contribution in [0.5, 0.6) is 5.75 Å².